The summed E-state index contributed by atoms with van der Waals surface area (Å²) in [5.41, 5.74) is -1.17. The molecule has 0 aliphatic heterocycles. The van der Waals surface area contributed by atoms with Crippen LogP contribution in [-0.4, -0.2) is 20.1 Å². The second-order valence-electron chi connectivity index (χ2n) is 3.91. The fourth-order valence-corrected chi connectivity index (χ4v) is 1.55. The molecule has 0 amide bonds. The molecule has 1 aromatic rings. The van der Waals surface area contributed by atoms with Crippen LogP contribution in [-0.2, 0) is 12.7 Å². The molecule has 102 valence electrons. The second kappa shape index (κ2) is 6.70. The van der Waals surface area contributed by atoms with E-state index in [9.17, 15) is 17.6 Å². The van der Waals surface area contributed by atoms with Gasteiger partial charge < -0.3 is 10.6 Å². The molecule has 0 spiro atoms. The minimum Gasteiger partial charge on any atom is -0.320 e. The first-order valence-electron chi connectivity index (χ1n) is 5.66. The highest BCUT2D eigenvalue weighted by molar-refractivity contribution is 5.28. The molecule has 0 atom stereocenters. The summed E-state index contributed by atoms with van der Waals surface area (Å²) in [6, 6.07) is 3.33. The summed E-state index contributed by atoms with van der Waals surface area (Å²) < 4.78 is 50.9. The van der Waals surface area contributed by atoms with Crippen molar-refractivity contribution in [1.29, 1.82) is 0 Å². The molecule has 0 fully saturated rings. The molecule has 0 aliphatic carbocycles. The summed E-state index contributed by atoms with van der Waals surface area (Å²) in [7, 11) is 1.81. The van der Waals surface area contributed by atoms with Crippen molar-refractivity contribution in [3.05, 3.63) is 35.1 Å². The summed E-state index contributed by atoms with van der Waals surface area (Å²) in [5.74, 6) is -1.19. The standard InChI is InChI=1S/C12H16F4N2/c1-17-6-3-7-18-8-9-4-2-5-10(11(9)13)12(14,15)16/h2,4-5,17-18H,3,6-8H2,1H3. The SMILES string of the molecule is CNCCCNCc1cccc(C(F)(F)F)c1F. The lowest BCUT2D eigenvalue weighted by Gasteiger charge is -2.11. The van der Waals surface area contributed by atoms with Gasteiger partial charge in [-0.25, -0.2) is 4.39 Å². The zero-order valence-corrected chi connectivity index (χ0v) is 10.1. The lowest BCUT2D eigenvalue weighted by Crippen LogP contribution is -2.20. The van der Waals surface area contributed by atoms with E-state index in [1.807, 2.05) is 7.05 Å². The number of rotatable bonds is 6. The van der Waals surface area contributed by atoms with Gasteiger partial charge in [0, 0.05) is 12.1 Å². The van der Waals surface area contributed by atoms with E-state index in [2.05, 4.69) is 10.6 Å². The van der Waals surface area contributed by atoms with Gasteiger partial charge in [-0.15, -0.1) is 0 Å². The summed E-state index contributed by atoms with van der Waals surface area (Å²) in [6.07, 6.45) is -3.82. The first-order chi connectivity index (χ1) is 8.46. The Morgan fingerprint density at radius 3 is 2.50 bits per heavy atom. The normalized spacial score (nSPS) is 11.8. The van der Waals surface area contributed by atoms with Crippen molar-refractivity contribution in [2.45, 2.75) is 19.1 Å². The van der Waals surface area contributed by atoms with Crippen molar-refractivity contribution in [3.63, 3.8) is 0 Å². The van der Waals surface area contributed by atoms with Crippen molar-refractivity contribution in [1.82, 2.24) is 10.6 Å². The molecule has 0 aliphatic rings. The highest BCUT2D eigenvalue weighted by Crippen LogP contribution is 2.32. The van der Waals surface area contributed by atoms with E-state index >= 15 is 0 Å². The molecule has 0 heterocycles. The highest BCUT2D eigenvalue weighted by Gasteiger charge is 2.34. The molecule has 6 heteroatoms. The van der Waals surface area contributed by atoms with Gasteiger partial charge in [0.1, 0.15) is 5.82 Å². The Hall–Kier alpha value is -1.14. The van der Waals surface area contributed by atoms with Crippen LogP contribution in [0.5, 0.6) is 0 Å². The molecule has 0 bridgehead atoms. The topological polar surface area (TPSA) is 24.1 Å². The average Bonchev–Trinajstić information content (AvgIpc) is 2.29. The zero-order chi connectivity index (χ0) is 13.6. The molecule has 0 radical (unpaired) electrons. The number of hydrogen-bond acceptors (Lipinski definition) is 2. The maximum atomic E-state index is 13.6. The molecule has 1 aromatic carbocycles. The molecule has 2 nitrogen and oxygen atoms in total. The van der Waals surface area contributed by atoms with Gasteiger partial charge in [-0.3, -0.25) is 0 Å². The van der Waals surface area contributed by atoms with Crippen LogP contribution in [0.2, 0.25) is 0 Å². The van der Waals surface area contributed by atoms with Crippen molar-refractivity contribution >= 4 is 0 Å². The maximum absolute atomic E-state index is 13.6. The number of hydrogen-bond donors (Lipinski definition) is 2. The lowest BCUT2D eigenvalue weighted by atomic mass is 10.1. The zero-order valence-electron chi connectivity index (χ0n) is 10.1. The largest absolute Gasteiger partial charge is 0.419 e. The van der Waals surface area contributed by atoms with E-state index in [1.54, 1.807) is 0 Å². The maximum Gasteiger partial charge on any atom is 0.419 e. The molecule has 0 saturated carbocycles. The monoisotopic (exact) mass is 264 g/mol. The Labute approximate surface area is 103 Å². The Balaban J connectivity index is 2.62. The van der Waals surface area contributed by atoms with Crippen LogP contribution in [0.4, 0.5) is 17.6 Å². The van der Waals surface area contributed by atoms with Crippen molar-refractivity contribution in [2.75, 3.05) is 20.1 Å². The Bertz CT molecular complexity index is 377. The third-order valence-electron chi connectivity index (χ3n) is 2.48. The summed E-state index contributed by atoms with van der Waals surface area (Å²) in [6.45, 7) is 1.52. The van der Waals surface area contributed by atoms with Gasteiger partial charge in [-0.05, 0) is 32.6 Å². The lowest BCUT2D eigenvalue weighted by molar-refractivity contribution is -0.140. The number of nitrogens with one attached hydrogen (secondary N) is 2. The van der Waals surface area contributed by atoms with E-state index in [0.29, 0.717) is 6.54 Å². The molecule has 1 rings (SSSR count). The van der Waals surface area contributed by atoms with Gasteiger partial charge in [-0.1, -0.05) is 12.1 Å². The van der Waals surface area contributed by atoms with Crippen LogP contribution < -0.4 is 10.6 Å². The fraction of sp³-hybridized carbons (Fsp3) is 0.500. The molecule has 18 heavy (non-hydrogen) atoms. The minimum atomic E-state index is -4.65. The van der Waals surface area contributed by atoms with Crippen LogP contribution in [0, 0.1) is 5.82 Å². The van der Waals surface area contributed by atoms with E-state index in [0.717, 1.165) is 19.0 Å². The van der Waals surface area contributed by atoms with Crippen molar-refractivity contribution in [3.8, 4) is 0 Å². The summed E-state index contributed by atoms with van der Waals surface area (Å²) in [5, 5.41) is 5.85. The van der Waals surface area contributed by atoms with E-state index in [4.69, 9.17) is 0 Å². The van der Waals surface area contributed by atoms with E-state index < -0.39 is 17.6 Å². The molecule has 2 N–H and O–H groups in total. The molecular weight excluding hydrogens is 248 g/mol. The van der Waals surface area contributed by atoms with Crippen LogP contribution in [0.25, 0.3) is 0 Å². The van der Waals surface area contributed by atoms with Crippen LogP contribution in [0.15, 0.2) is 18.2 Å². The van der Waals surface area contributed by atoms with Crippen molar-refractivity contribution < 1.29 is 17.6 Å². The Kier molecular flexibility index (Phi) is 5.55. The van der Waals surface area contributed by atoms with E-state index in [-0.39, 0.29) is 12.1 Å². The minimum absolute atomic E-state index is 0.0364. The highest BCUT2D eigenvalue weighted by atomic mass is 19.4. The van der Waals surface area contributed by atoms with E-state index in [1.165, 1.54) is 12.1 Å². The van der Waals surface area contributed by atoms with Crippen LogP contribution in [0.3, 0.4) is 0 Å². The molecule has 0 unspecified atom stereocenters. The van der Waals surface area contributed by atoms with Gasteiger partial charge in [-0.2, -0.15) is 13.2 Å². The molecular formula is C12H16F4N2. The molecule has 0 aromatic heterocycles. The summed E-state index contributed by atoms with van der Waals surface area (Å²) in [4.78, 5) is 0. The number of alkyl halides is 3. The third kappa shape index (κ3) is 4.27. The predicted molar refractivity (Wildman–Crippen MR) is 61.7 cm³/mol. The van der Waals surface area contributed by atoms with Crippen LogP contribution >= 0.6 is 0 Å². The molecule has 0 saturated heterocycles. The first kappa shape index (κ1) is 14.9. The Morgan fingerprint density at radius 2 is 1.89 bits per heavy atom. The van der Waals surface area contributed by atoms with Gasteiger partial charge >= 0.3 is 6.18 Å². The number of halogens is 4. The number of benzene rings is 1. The quantitative estimate of drug-likeness (QED) is 0.609. The second-order valence-corrected chi connectivity index (χ2v) is 3.91. The average molecular weight is 264 g/mol. The van der Waals surface area contributed by atoms with Crippen molar-refractivity contribution in [2.24, 2.45) is 0 Å². The van der Waals surface area contributed by atoms with Crippen LogP contribution in [0.1, 0.15) is 17.5 Å². The predicted octanol–water partition coefficient (Wildman–Crippen LogP) is 2.54. The summed E-state index contributed by atoms with van der Waals surface area (Å²) >= 11 is 0. The smallest absolute Gasteiger partial charge is 0.320 e. The first-order valence-corrected chi connectivity index (χ1v) is 5.66. The Morgan fingerprint density at radius 1 is 1.17 bits per heavy atom. The fourth-order valence-electron chi connectivity index (χ4n) is 1.55. The third-order valence-corrected chi connectivity index (χ3v) is 2.48. The van der Waals surface area contributed by atoms with Gasteiger partial charge in [0.05, 0.1) is 5.56 Å². The van der Waals surface area contributed by atoms with Gasteiger partial charge in [0.15, 0.2) is 0 Å². The van der Waals surface area contributed by atoms with Gasteiger partial charge in [0.2, 0.25) is 0 Å². The van der Waals surface area contributed by atoms with Gasteiger partial charge in [0.25, 0.3) is 0 Å².